The van der Waals surface area contributed by atoms with Crippen molar-refractivity contribution in [1.82, 2.24) is 30.4 Å². The van der Waals surface area contributed by atoms with E-state index in [-0.39, 0.29) is 12.3 Å². The van der Waals surface area contributed by atoms with Gasteiger partial charge in [-0.05, 0) is 75.4 Å². The van der Waals surface area contributed by atoms with Gasteiger partial charge in [0.1, 0.15) is 25.5 Å². The van der Waals surface area contributed by atoms with Gasteiger partial charge in [0.15, 0.2) is 0 Å². The first-order chi connectivity index (χ1) is 18.9. The third-order valence-electron chi connectivity index (χ3n) is 5.89. The molecule has 1 fully saturated rings. The van der Waals surface area contributed by atoms with Crippen LogP contribution in [0.4, 0.5) is 10.3 Å². The zero-order chi connectivity index (χ0) is 27.6. The second-order valence-corrected chi connectivity index (χ2v) is 12.3. The molecule has 4 aromatic rings. The maximum absolute atomic E-state index is 12.3. The maximum Gasteiger partial charge on any atom is 0.232 e. The fraction of sp³-hybridized carbons (Fsp3) is 0.360. The SMILES string of the molecule is CNc1nnc([C@H]2CCCC(c3nnc(NC(=O)Cc4cccc(Br)n4)s3)C2)s1.O=CCc1cccc(Br)n1. The summed E-state index contributed by atoms with van der Waals surface area (Å²) in [6.07, 6.45) is 5.75. The fourth-order valence-electron chi connectivity index (χ4n) is 4.12. The van der Waals surface area contributed by atoms with Crippen molar-refractivity contribution < 1.29 is 9.59 Å². The van der Waals surface area contributed by atoms with Crippen molar-refractivity contribution in [2.75, 3.05) is 17.7 Å². The number of rotatable bonds is 8. The van der Waals surface area contributed by atoms with E-state index in [1.165, 1.54) is 11.3 Å². The van der Waals surface area contributed by atoms with Gasteiger partial charge in [-0.2, -0.15) is 0 Å². The Morgan fingerprint density at radius 3 is 2.10 bits per heavy atom. The van der Waals surface area contributed by atoms with Gasteiger partial charge in [0.05, 0.1) is 12.1 Å². The second-order valence-electron chi connectivity index (χ2n) is 8.70. The maximum atomic E-state index is 12.3. The Labute approximate surface area is 250 Å². The highest BCUT2D eigenvalue weighted by Gasteiger charge is 2.29. The third kappa shape index (κ3) is 8.92. The minimum absolute atomic E-state index is 0.145. The summed E-state index contributed by atoms with van der Waals surface area (Å²) in [6, 6.07) is 11.0. The number of nitrogens with zero attached hydrogens (tertiary/aromatic N) is 6. The van der Waals surface area contributed by atoms with Crippen LogP contribution in [0.2, 0.25) is 0 Å². The van der Waals surface area contributed by atoms with Gasteiger partial charge in [-0.15, -0.1) is 20.4 Å². The average Bonchev–Trinajstić information content (AvgIpc) is 3.59. The Balaban J connectivity index is 0.000000298. The van der Waals surface area contributed by atoms with Crippen molar-refractivity contribution in [3.8, 4) is 0 Å². The molecule has 1 unspecified atom stereocenters. The van der Waals surface area contributed by atoms with Gasteiger partial charge >= 0.3 is 0 Å². The summed E-state index contributed by atoms with van der Waals surface area (Å²) in [6.45, 7) is 0. The summed E-state index contributed by atoms with van der Waals surface area (Å²) in [5, 5.41) is 26.4. The van der Waals surface area contributed by atoms with Gasteiger partial charge in [0.25, 0.3) is 0 Å². The lowest BCUT2D eigenvalue weighted by Crippen LogP contribution is -2.15. The van der Waals surface area contributed by atoms with Crippen molar-refractivity contribution in [3.05, 3.63) is 67.0 Å². The number of anilines is 2. The van der Waals surface area contributed by atoms with Gasteiger partial charge in [0.2, 0.25) is 16.2 Å². The molecular formula is C25H26Br2N8O2S2. The summed E-state index contributed by atoms with van der Waals surface area (Å²) in [4.78, 5) is 30.7. The van der Waals surface area contributed by atoms with Crippen LogP contribution in [0, 0.1) is 0 Å². The number of nitrogens with one attached hydrogen (secondary N) is 2. The van der Waals surface area contributed by atoms with Crippen molar-refractivity contribution in [2.24, 2.45) is 0 Å². The molecule has 1 aliphatic carbocycles. The molecule has 204 valence electrons. The number of hydrogen-bond donors (Lipinski definition) is 2. The number of pyridine rings is 2. The Kier molecular flexibility index (Phi) is 11.0. The molecule has 0 aromatic carbocycles. The van der Waals surface area contributed by atoms with Crippen molar-refractivity contribution >= 4 is 77.0 Å². The Morgan fingerprint density at radius 1 is 0.923 bits per heavy atom. The van der Waals surface area contributed by atoms with E-state index in [4.69, 9.17) is 0 Å². The fourth-order valence-corrected chi connectivity index (χ4v) is 6.63. The summed E-state index contributed by atoms with van der Waals surface area (Å²) in [5.74, 6) is 0.594. The van der Waals surface area contributed by atoms with E-state index in [0.717, 1.165) is 57.4 Å². The molecule has 39 heavy (non-hydrogen) atoms. The minimum atomic E-state index is -0.145. The summed E-state index contributed by atoms with van der Waals surface area (Å²) in [5.41, 5.74) is 1.50. The van der Waals surface area contributed by atoms with Gasteiger partial charge in [-0.1, -0.05) is 41.2 Å². The molecule has 0 spiro atoms. The molecule has 0 bridgehead atoms. The molecule has 1 aliphatic rings. The van der Waals surface area contributed by atoms with E-state index < -0.39 is 0 Å². The highest BCUT2D eigenvalue weighted by Crippen LogP contribution is 2.43. The lowest BCUT2D eigenvalue weighted by molar-refractivity contribution is -0.115. The van der Waals surface area contributed by atoms with Crippen molar-refractivity contribution in [1.29, 1.82) is 0 Å². The summed E-state index contributed by atoms with van der Waals surface area (Å²) < 4.78 is 1.48. The molecule has 2 atom stereocenters. The smallest absolute Gasteiger partial charge is 0.232 e. The zero-order valence-corrected chi connectivity index (χ0v) is 25.8. The Bertz CT molecular complexity index is 1400. The van der Waals surface area contributed by atoms with Crippen molar-refractivity contribution in [3.63, 3.8) is 0 Å². The predicted octanol–water partition coefficient (Wildman–Crippen LogP) is 5.80. The number of aldehydes is 1. The molecule has 14 heteroatoms. The number of carbonyl (C=O) groups is 2. The molecule has 1 saturated carbocycles. The molecule has 0 aliphatic heterocycles. The highest BCUT2D eigenvalue weighted by molar-refractivity contribution is 9.10. The quantitative estimate of drug-likeness (QED) is 0.173. The van der Waals surface area contributed by atoms with Crippen LogP contribution in [-0.2, 0) is 22.4 Å². The van der Waals surface area contributed by atoms with Crippen LogP contribution in [-0.4, -0.2) is 49.6 Å². The number of amides is 1. The molecule has 5 rings (SSSR count). The van der Waals surface area contributed by atoms with Crippen molar-refractivity contribution in [2.45, 2.75) is 50.4 Å². The second kappa shape index (κ2) is 14.6. The van der Waals surface area contributed by atoms with Crippen LogP contribution >= 0.6 is 54.5 Å². The van der Waals surface area contributed by atoms with E-state index in [0.29, 0.717) is 33.7 Å². The van der Waals surface area contributed by atoms with Crippen LogP contribution in [0.5, 0.6) is 0 Å². The lowest BCUT2D eigenvalue weighted by atomic mass is 9.82. The van der Waals surface area contributed by atoms with Crippen LogP contribution < -0.4 is 10.6 Å². The lowest BCUT2D eigenvalue weighted by Gasteiger charge is -2.25. The molecule has 1 amide bonds. The van der Waals surface area contributed by atoms with Crippen LogP contribution in [0.1, 0.15) is 58.9 Å². The average molecular weight is 694 g/mol. The van der Waals surface area contributed by atoms with Gasteiger partial charge in [-0.3, -0.25) is 4.79 Å². The largest absolute Gasteiger partial charge is 0.363 e. The highest BCUT2D eigenvalue weighted by atomic mass is 79.9. The van der Waals surface area contributed by atoms with Gasteiger partial charge < -0.3 is 15.4 Å². The molecule has 4 heterocycles. The molecule has 0 saturated heterocycles. The van der Waals surface area contributed by atoms with Crippen LogP contribution in [0.15, 0.2) is 45.6 Å². The predicted molar refractivity (Wildman–Crippen MR) is 159 cm³/mol. The van der Waals surface area contributed by atoms with E-state index in [2.05, 4.69) is 72.9 Å². The molecule has 2 N–H and O–H groups in total. The normalized spacial score (nSPS) is 16.6. The van der Waals surface area contributed by atoms with E-state index in [1.54, 1.807) is 11.3 Å². The van der Waals surface area contributed by atoms with Crippen LogP contribution in [0.25, 0.3) is 0 Å². The standard InChI is InChI=1S/C18H20BrN7OS2.C7H6BrNO/c1-20-17-25-23-15(28-17)10-4-2-5-11(8-10)16-24-26-18(29-16)22-14(27)9-12-6-3-7-13(19)21-12;8-7-3-1-2-6(9-7)4-5-10/h3,6-7,10-11H,2,4-5,8-9H2,1H3,(H,20,25)(H,22,26,27);1-3,5H,4H2/t10-,11?;/m0./s1. The monoisotopic (exact) mass is 692 g/mol. The summed E-state index contributed by atoms with van der Waals surface area (Å²) >= 11 is 9.60. The minimum Gasteiger partial charge on any atom is -0.363 e. The Morgan fingerprint density at radius 2 is 1.51 bits per heavy atom. The van der Waals surface area contributed by atoms with Gasteiger partial charge in [-0.25, -0.2) is 9.97 Å². The Hall–Kier alpha value is -2.68. The topological polar surface area (TPSA) is 136 Å². The van der Waals surface area contributed by atoms with E-state index >= 15 is 0 Å². The zero-order valence-electron chi connectivity index (χ0n) is 21.0. The molecule has 10 nitrogen and oxygen atoms in total. The molecular weight excluding hydrogens is 668 g/mol. The van der Waals surface area contributed by atoms with Gasteiger partial charge in [0, 0.05) is 31.0 Å². The van der Waals surface area contributed by atoms with Crippen LogP contribution in [0.3, 0.4) is 0 Å². The number of hydrogen-bond acceptors (Lipinski definition) is 11. The van der Waals surface area contributed by atoms with E-state index in [1.807, 2.05) is 43.4 Å². The summed E-state index contributed by atoms with van der Waals surface area (Å²) in [7, 11) is 1.86. The van der Waals surface area contributed by atoms with E-state index in [9.17, 15) is 9.59 Å². The number of carbonyl (C=O) groups excluding carboxylic acids is 2. The third-order valence-corrected chi connectivity index (χ3v) is 8.88. The first-order valence-corrected chi connectivity index (χ1v) is 15.5. The first kappa shape index (κ1) is 29.3. The first-order valence-electron chi connectivity index (χ1n) is 12.2. The molecule has 4 aromatic heterocycles. The number of aromatic nitrogens is 6. The molecule has 0 radical (unpaired) electrons. The number of halogens is 2.